The summed E-state index contributed by atoms with van der Waals surface area (Å²) >= 11 is 0. The number of esters is 1. The molecular weight excluding hydrogens is 284 g/mol. The maximum absolute atomic E-state index is 12.1. The molecule has 2 rings (SSSR count). The van der Waals surface area contributed by atoms with Gasteiger partial charge in [0.1, 0.15) is 6.10 Å². The van der Waals surface area contributed by atoms with E-state index in [0.717, 1.165) is 18.4 Å². The second kappa shape index (κ2) is 8.71. The number of benzene rings is 1. The third-order valence-corrected chi connectivity index (χ3v) is 4.66. The van der Waals surface area contributed by atoms with E-state index in [2.05, 4.69) is 20.8 Å². The number of carbonyl (C=O) groups is 1. The van der Waals surface area contributed by atoms with Crippen LogP contribution in [0.3, 0.4) is 0 Å². The Morgan fingerprint density at radius 2 is 1.91 bits per heavy atom. The van der Waals surface area contributed by atoms with E-state index in [1.165, 1.54) is 12.5 Å². The Bertz CT molecular complexity index is 542. The summed E-state index contributed by atoms with van der Waals surface area (Å²) in [6, 6.07) is 10.0. The van der Waals surface area contributed by atoms with Gasteiger partial charge in [0.25, 0.3) is 0 Å². The Labute approximate surface area is 140 Å². The molecule has 124 valence electrons. The molecule has 1 aliphatic rings. The van der Waals surface area contributed by atoms with E-state index < -0.39 is 0 Å². The normalized spacial score (nSPS) is 25.3. The van der Waals surface area contributed by atoms with Gasteiger partial charge >= 0.3 is 5.97 Å². The monoisotopic (exact) mass is 312 g/mol. The van der Waals surface area contributed by atoms with E-state index in [1.54, 1.807) is 6.08 Å². The number of ether oxygens (including phenoxy) is 1. The highest BCUT2D eigenvalue weighted by Gasteiger charge is 2.32. The summed E-state index contributed by atoms with van der Waals surface area (Å²) in [5.41, 5.74) is 1.12. The van der Waals surface area contributed by atoms with Crippen LogP contribution < -0.4 is 0 Å². The van der Waals surface area contributed by atoms with Crippen molar-refractivity contribution in [3.8, 4) is 0 Å². The van der Waals surface area contributed by atoms with E-state index in [-0.39, 0.29) is 12.1 Å². The van der Waals surface area contributed by atoms with Gasteiger partial charge in [-0.15, -0.1) is 0 Å². The quantitative estimate of drug-likeness (QED) is 0.421. The zero-order valence-electron chi connectivity index (χ0n) is 14.4. The summed E-state index contributed by atoms with van der Waals surface area (Å²) in [7, 11) is 0. The molecule has 0 radical (unpaired) electrons. The summed E-state index contributed by atoms with van der Waals surface area (Å²) in [4.78, 5) is 12.1. The molecule has 0 heterocycles. The van der Waals surface area contributed by atoms with E-state index in [9.17, 15) is 4.79 Å². The molecule has 0 N–H and O–H groups in total. The maximum Gasteiger partial charge on any atom is 0.331 e. The number of allylic oxidation sites excluding steroid dienone is 2. The molecular formula is C21H28O2. The molecule has 1 aromatic carbocycles. The lowest BCUT2D eigenvalue weighted by atomic mass is 9.75. The number of carbonyl (C=O) groups excluding carboxylic acids is 1. The maximum atomic E-state index is 12.1. The highest BCUT2D eigenvalue weighted by atomic mass is 16.5. The molecule has 0 amide bonds. The summed E-state index contributed by atoms with van der Waals surface area (Å²) < 4.78 is 5.73. The number of rotatable bonds is 5. The molecule has 1 aliphatic carbocycles. The van der Waals surface area contributed by atoms with Gasteiger partial charge in [-0.3, -0.25) is 0 Å². The minimum absolute atomic E-state index is 0.0639. The first-order chi connectivity index (χ1) is 11.1. The molecule has 0 unspecified atom stereocenters. The van der Waals surface area contributed by atoms with Crippen LogP contribution in [0.5, 0.6) is 0 Å². The molecule has 23 heavy (non-hydrogen) atoms. The van der Waals surface area contributed by atoms with E-state index >= 15 is 0 Å². The molecule has 1 fully saturated rings. The van der Waals surface area contributed by atoms with Crippen LogP contribution in [0.25, 0.3) is 6.08 Å². The fourth-order valence-electron chi connectivity index (χ4n) is 3.30. The summed E-state index contributed by atoms with van der Waals surface area (Å²) in [6.45, 7) is 6.69. The van der Waals surface area contributed by atoms with Crippen LogP contribution in [0.15, 0.2) is 48.6 Å². The predicted molar refractivity (Wildman–Crippen MR) is 95.8 cm³/mol. The van der Waals surface area contributed by atoms with Crippen LogP contribution in [-0.2, 0) is 9.53 Å². The second-order valence-corrected chi connectivity index (χ2v) is 6.93. The number of hydrogen-bond donors (Lipinski definition) is 0. The molecule has 2 heteroatoms. The van der Waals surface area contributed by atoms with Gasteiger partial charge < -0.3 is 4.74 Å². The van der Waals surface area contributed by atoms with Crippen LogP contribution in [-0.4, -0.2) is 12.1 Å². The lowest BCUT2D eigenvalue weighted by Gasteiger charge is -2.36. The molecule has 1 aromatic rings. The van der Waals surface area contributed by atoms with Crippen molar-refractivity contribution in [2.24, 2.45) is 17.8 Å². The van der Waals surface area contributed by atoms with Crippen molar-refractivity contribution >= 4 is 12.0 Å². The molecule has 3 atom stereocenters. The molecule has 0 saturated heterocycles. The highest BCUT2D eigenvalue weighted by molar-refractivity contribution is 5.82. The zero-order chi connectivity index (χ0) is 16.7. The predicted octanol–water partition coefficient (Wildman–Crippen LogP) is 5.26. The molecule has 0 spiro atoms. The average molecular weight is 312 g/mol. The van der Waals surface area contributed by atoms with E-state index in [0.29, 0.717) is 17.8 Å². The molecule has 1 saturated carbocycles. The van der Waals surface area contributed by atoms with E-state index in [1.807, 2.05) is 42.5 Å². The van der Waals surface area contributed by atoms with E-state index in [4.69, 9.17) is 4.74 Å². The first kappa shape index (κ1) is 17.5. The van der Waals surface area contributed by atoms with Crippen molar-refractivity contribution in [1.82, 2.24) is 0 Å². The smallest absolute Gasteiger partial charge is 0.331 e. The lowest BCUT2D eigenvalue weighted by molar-refractivity contribution is -0.149. The minimum Gasteiger partial charge on any atom is -0.459 e. The molecule has 2 nitrogen and oxygen atoms in total. The van der Waals surface area contributed by atoms with Crippen molar-refractivity contribution < 1.29 is 9.53 Å². The summed E-state index contributed by atoms with van der Waals surface area (Å²) in [5.74, 6) is 1.46. The van der Waals surface area contributed by atoms with Gasteiger partial charge in [0, 0.05) is 6.08 Å². The summed E-state index contributed by atoms with van der Waals surface area (Å²) in [5, 5.41) is 0. The third-order valence-electron chi connectivity index (χ3n) is 4.66. The van der Waals surface area contributed by atoms with Gasteiger partial charge in [-0.25, -0.2) is 4.79 Å². The third kappa shape index (κ3) is 5.70. The van der Waals surface area contributed by atoms with Crippen LogP contribution >= 0.6 is 0 Å². The van der Waals surface area contributed by atoms with Gasteiger partial charge in [0.05, 0.1) is 0 Å². The Morgan fingerprint density at radius 1 is 1.17 bits per heavy atom. The van der Waals surface area contributed by atoms with Crippen LogP contribution in [0.4, 0.5) is 0 Å². The van der Waals surface area contributed by atoms with Crippen molar-refractivity contribution in [1.29, 1.82) is 0 Å². The fraction of sp³-hybridized carbons (Fsp3) is 0.476. The van der Waals surface area contributed by atoms with Crippen molar-refractivity contribution in [3.63, 3.8) is 0 Å². The van der Waals surface area contributed by atoms with Gasteiger partial charge in [0.2, 0.25) is 0 Å². The Morgan fingerprint density at radius 3 is 2.61 bits per heavy atom. The standard InChI is InChI=1S/C21H28O2/c1-16(2)19-14-13-17(3)15-20(19)23-21(22)12-8-7-11-18-9-5-4-6-10-18/h4-12,16-17,19-20H,13-15H2,1-3H3/b11-7+,12-8+/t17-,19+,20-/m1/s1. The largest absolute Gasteiger partial charge is 0.459 e. The first-order valence-electron chi connectivity index (χ1n) is 8.66. The van der Waals surface area contributed by atoms with Crippen LogP contribution in [0.1, 0.15) is 45.6 Å². The van der Waals surface area contributed by atoms with Crippen LogP contribution in [0, 0.1) is 17.8 Å². The summed E-state index contributed by atoms with van der Waals surface area (Å²) in [6.07, 6.45) is 10.6. The first-order valence-corrected chi connectivity index (χ1v) is 8.66. The van der Waals surface area contributed by atoms with Gasteiger partial charge in [-0.2, -0.15) is 0 Å². The molecule has 0 aromatic heterocycles. The minimum atomic E-state index is -0.229. The molecule has 0 bridgehead atoms. The van der Waals surface area contributed by atoms with Crippen molar-refractivity contribution in [2.75, 3.05) is 0 Å². The topological polar surface area (TPSA) is 26.3 Å². The Kier molecular flexibility index (Phi) is 6.64. The fourth-order valence-corrected chi connectivity index (χ4v) is 3.30. The average Bonchev–Trinajstić information content (AvgIpc) is 2.52. The van der Waals surface area contributed by atoms with Gasteiger partial charge in [0.15, 0.2) is 0 Å². The Hall–Kier alpha value is -1.83. The SMILES string of the molecule is CC(C)[C@@H]1CC[C@@H](C)C[C@H]1OC(=O)/C=C/C=C/c1ccccc1. The Balaban J connectivity index is 1.87. The van der Waals surface area contributed by atoms with Crippen molar-refractivity contribution in [3.05, 3.63) is 54.1 Å². The molecule has 0 aliphatic heterocycles. The van der Waals surface area contributed by atoms with Crippen LogP contribution in [0.2, 0.25) is 0 Å². The number of hydrogen-bond acceptors (Lipinski definition) is 2. The second-order valence-electron chi connectivity index (χ2n) is 6.93. The van der Waals surface area contributed by atoms with Crippen molar-refractivity contribution in [2.45, 2.75) is 46.1 Å². The van der Waals surface area contributed by atoms with Gasteiger partial charge in [-0.1, -0.05) is 75.8 Å². The highest BCUT2D eigenvalue weighted by Crippen LogP contribution is 2.35. The zero-order valence-corrected chi connectivity index (χ0v) is 14.4. The van der Waals surface area contributed by atoms with Gasteiger partial charge in [-0.05, 0) is 36.2 Å². The lowest BCUT2D eigenvalue weighted by Crippen LogP contribution is -2.35.